The van der Waals surface area contributed by atoms with E-state index >= 15 is 0 Å². The second-order valence-electron chi connectivity index (χ2n) is 5.14. The van der Waals surface area contributed by atoms with Crippen molar-refractivity contribution in [3.05, 3.63) is 0 Å². The molecule has 1 aliphatic carbocycles. The van der Waals surface area contributed by atoms with Gasteiger partial charge in [0.15, 0.2) is 0 Å². The van der Waals surface area contributed by atoms with Crippen LogP contribution in [-0.2, 0) is 0 Å². The summed E-state index contributed by atoms with van der Waals surface area (Å²) in [5, 5.41) is 3.61. The molecule has 0 spiro atoms. The summed E-state index contributed by atoms with van der Waals surface area (Å²) in [4.78, 5) is 0. The summed E-state index contributed by atoms with van der Waals surface area (Å²) in [6.45, 7) is 8.53. The van der Waals surface area contributed by atoms with E-state index in [1.807, 2.05) is 0 Å². The third kappa shape index (κ3) is 2.46. The van der Waals surface area contributed by atoms with Crippen molar-refractivity contribution in [1.29, 1.82) is 0 Å². The summed E-state index contributed by atoms with van der Waals surface area (Å²) in [7, 11) is 0. The highest BCUT2D eigenvalue weighted by molar-refractivity contribution is 4.92. The van der Waals surface area contributed by atoms with Gasteiger partial charge in [-0.2, -0.15) is 0 Å². The van der Waals surface area contributed by atoms with Gasteiger partial charge < -0.3 is 11.1 Å². The Balaban J connectivity index is 2.24. The van der Waals surface area contributed by atoms with E-state index in [1.54, 1.807) is 0 Å². The zero-order chi connectivity index (χ0) is 9.24. The third-order valence-electron chi connectivity index (χ3n) is 3.00. The van der Waals surface area contributed by atoms with E-state index < -0.39 is 0 Å². The summed E-state index contributed by atoms with van der Waals surface area (Å²) in [5.74, 6) is 0. The Bertz CT molecular complexity index is 136. The lowest BCUT2D eigenvalue weighted by molar-refractivity contribution is 0.180. The van der Waals surface area contributed by atoms with Crippen LogP contribution in [0.25, 0.3) is 0 Å². The van der Waals surface area contributed by atoms with Crippen LogP contribution in [0.15, 0.2) is 0 Å². The van der Waals surface area contributed by atoms with Crippen LogP contribution in [0, 0.1) is 5.41 Å². The predicted octanol–water partition coefficient (Wildman–Crippen LogP) is 1.50. The van der Waals surface area contributed by atoms with Crippen molar-refractivity contribution >= 4 is 0 Å². The zero-order valence-electron chi connectivity index (χ0n) is 8.61. The number of hydrogen-bond donors (Lipinski definition) is 2. The second-order valence-corrected chi connectivity index (χ2v) is 5.14. The molecule has 1 rings (SSSR count). The molecule has 12 heavy (non-hydrogen) atoms. The average Bonchev–Trinajstić information content (AvgIpc) is 1.98. The van der Waals surface area contributed by atoms with Crippen LogP contribution in [0.3, 0.4) is 0 Å². The fourth-order valence-electron chi connectivity index (χ4n) is 1.41. The normalized spacial score (nSPS) is 22.0. The monoisotopic (exact) mass is 170 g/mol. The summed E-state index contributed by atoms with van der Waals surface area (Å²) in [6.07, 6.45) is 4.04. The highest BCUT2D eigenvalue weighted by Gasteiger charge is 2.32. The van der Waals surface area contributed by atoms with Gasteiger partial charge in [0.2, 0.25) is 0 Å². The van der Waals surface area contributed by atoms with Crippen molar-refractivity contribution < 1.29 is 0 Å². The molecule has 0 unspecified atom stereocenters. The van der Waals surface area contributed by atoms with Gasteiger partial charge in [0, 0.05) is 12.1 Å². The van der Waals surface area contributed by atoms with E-state index in [0.29, 0.717) is 5.54 Å². The maximum atomic E-state index is 5.66. The fraction of sp³-hybridized carbons (Fsp3) is 1.00. The molecule has 3 N–H and O–H groups in total. The third-order valence-corrected chi connectivity index (χ3v) is 3.00. The standard InChI is InChI=1S/C10H22N2/c1-9(2,7-11)8-12-10(3)5-4-6-10/h12H,4-8,11H2,1-3H3. The van der Waals surface area contributed by atoms with Crippen LogP contribution in [0.2, 0.25) is 0 Å². The lowest BCUT2D eigenvalue weighted by Gasteiger charge is -2.41. The quantitative estimate of drug-likeness (QED) is 0.671. The number of nitrogens with two attached hydrogens (primary N) is 1. The molecule has 0 bridgehead atoms. The molecule has 0 aromatic heterocycles. The smallest absolute Gasteiger partial charge is 0.0153 e. The molecule has 1 fully saturated rings. The van der Waals surface area contributed by atoms with Crippen LogP contribution < -0.4 is 11.1 Å². The van der Waals surface area contributed by atoms with Gasteiger partial charge in [-0.1, -0.05) is 13.8 Å². The van der Waals surface area contributed by atoms with Gasteiger partial charge in [0.1, 0.15) is 0 Å². The van der Waals surface area contributed by atoms with Gasteiger partial charge >= 0.3 is 0 Å². The van der Waals surface area contributed by atoms with Crippen LogP contribution in [-0.4, -0.2) is 18.6 Å². The van der Waals surface area contributed by atoms with Crippen LogP contribution >= 0.6 is 0 Å². The Kier molecular flexibility index (Phi) is 2.79. The lowest BCUT2D eigenvalue weighted by atomic mass is 9.77. The van der Waals surface area contributed by atoms with E-state index in [0.717, 1.165) is 13.1 Å². The van der Waals surface area contributed by atoms with Gasteiger partial charge in [0.25, 0.3) is 0 Å². The molecule has 2 heteroatoms. The molecule has 0 radical (unpaired) electrons. The van der Waals surface area contributed by atoms with Crippen molar-refractivity contribution in [2.24, 2.45) is 11.1 Å². The van der Waals surface area contributed by atoms with Crippen LogP contribution in [0.1, 0.15) is 40.0 Å². The van der Waals surface area contributed by atoms with Gasteiger partial charge in [-0.05, 0) is 38.1 Å². The Hall–Kier alpha value is -0.0800. The molecule has 0 aliphatic heterocycles. The Morgan fingerprint density at radius 1 is 1.42 bits per heavy atom. The molecule has 0 heterocycles. The summed E-state index contributed by atoms with van der Waals surface area (Å²) >= 11 is 0. The van der Waals surface area contributed by atoms with Crippen molar-refractivity contribution in [2.45, 2.75) is 45.6 Å². The van der Waals surface area contributed by atoms with E-state index in [9.17, 15) is 0 Å². The topological polar surface area (TPSA) is 38.0 Å². The maximum Gasteiger partial charge on any atom is 0.0153 e. The molecular weight excluding hydrogens is 148 g/mol. The molecule has 0 aromatic carbocycles. The fourth-order valence-corrected chi connectivity index (χ4v) is 1.41. The van der Waals surface area contributed by atoms with E-state index in [1.165, 1.54) is 19.3 Å². The highest BCUT2D eigenvalue weighted by Crippen LogP contribution is 2.31. The van der Waals surface area contributed by atoms with Crippen LogP contribution in [0.4, 0.5) is 0 Å². The largest absolute Gasteiger partial charge is 0.330 e. The zero-order valence-corrected chi connectivity index (χ0v) is 8.61. The predicted molar refractivity (Wildman–Crippen MR) is 53.1 cm³/mol. The van der Waals surface area contributed by atoms with E-state index in [-0.39, 0.29) is 5.41 Å². The molecule has 72 valence electrons. The highest BCUT2D eigenvalue weighted by atomic mass is 15.0. The first-order chi connectivity index (χ1) is 5.47. The average molecular weight is 170 g/mol. The van der Waals surface area contributed by atoms with Crippen LogP contribution in [0.5, 0.6) is 0 Å². The SMILES string of the molecule is CC(C)(CN)CNC1(C)CCC1. The molecule has 2 nitrogen and oxygen atoms in total. The molecule has 1 saturated carbocycles. The Labute approximate surface area is 75.9 Å². The van der Waals surface area contributed by atoms with Crippen molar-refractivity contribution in [2.75, 3.05) is 13.1 Å². The van der Waals surface area contributed by atoms with E-state index in [4.69, 9.17) is 5.73 Å². The van der Waals surface area contributed by atoms with Gasteiger partial charge in [0.05, 0.1) is 0 Å². The van der Waals surface area contributed by atoms with Gasteiger partial charge in [-0.25, -0.2) is 0 Å². The first-order valence-corrected chi connectivity index (χ1v) is 4.93. The second kappa shape index (κ2) is 3.35. The maximum absolute atomic E-state index is 5.66. The van der Waals surface area contributed by atoms with E-state index in [2.05, 4.69) is 26.1 Å². The molecule has 1 aliphatic rings. The van der Waals surface area contributed by atoms with Crippen molar-refractivity contribution in [3.63, 3.8) is 0 Å². The molecular formula is C10H22N2. The summed E-state index contributed by atoms with van der Waals surface area (Å²) in [6, 6.07) is 0. The molecule has 0 amide bonds. The molecule has 0 aromatic rings. The first kappa shape index (κ1) is 10.0. The van der Waals surface area contributed by atoms with Crippen molar-refractivity contribution in [3.8, 4) is 0 Å². The minimum atomic E-state index is 0.249. The Morgan fingerprint density at radius 2 is 2.00 bits per heavy atom. The van der Waals surface area contributed by atoms with Gasteiger partial charge in [-0.3, -0.25) is 0 Å². The Morgan fingerprint density at radius 3 is 2.33 bits per heavy atom. The minimum absolute atomic E-state index is 0.249. The summed E-state index contributed by atoms with van der Waals surface area (Å²) in [5.41, 5.74) is 6.33. The van der Waals surface area contributed by atoms with Gasteiger partial charge in [-0.15, -0.1) is 0 Å². The minimum Gasteiger partial charge on any atom is -0.330 e. The molecule has 0 saturated heterocycles. The lowest BCUT2D eigenvalue weighted by Crippen LogP contribution is -2.52. The number of rotatable bonds is 4. The number of hydrogen-bond acceptors (Lipinski definition) is 2. The number of nitrogens with one attached hydrogen (secondary N) is 1. The molecule has 0 atom stereocenters. The summed E-state index contributed by atoms with van der Waals surface area (Å²) < 4.78 is 0. The van der Waals surface area contributed by atoms with Crippen molar-refractivity contribution in [1.82, 2.24) is 5.32 Å². The first-order valence-electron chi connectivity index (χ1n) is 4.93.